The fourth-order valence-electron chi connectivity index (χ4n) is 3.97. The highest BCUT2D eigenvalue weighted by Gasteiger charge is 2.27. The Morgan fingerprint density at radius 3 is 2.38 bits per heavy atom. The number of fused-ring (bicyclic) bond motifs is 1. The lowest BCUT2D eigenvalue weighted by Crippen LogP contribution is -2.56. The predicted octanol–water partition coefficient (Wildman–Crippen LogP) is 4.00. The van der Waals surface area contributed by atoms with Gasteiger partial charge < -0.3 is 15.0 Å². The molecule has 0 unspecified atom stereocenters. The SMILES string of the molecule is Cc1ccc(-c2c(-c3ccc(C#N)cc3)cc3c(N4CC(N)C4)nccn23)cc1. The van der Waals surface area contributed by atoms with Crippen LogP contribution in [-0.4, -0.2) is 28.5 Å². The number of hydrogen-bond donors (Lipinski definition) is 1. The lowest BCUT2D eigenvalue weighted by atomic mass is 10.00. The minimum absolute atomic E-state index is 0.210. The van der Waals surface area contributed by atoms with Gasteiger partial charge >= 0.3 is 0 Å². The topological polar surface area (TPSA) is 70.3 Å². The molecule has 0 amide bonds. The number of aryl methyl sites for hydroxylation is 1. The summed E-state index contributed by atoms with van der Waals surface area (Å²) < 4.78 is 2.21. The van der Waals surface area contributed by atoms with E-state index in [1.165, 1.54) is 5.56 Å². The summed E-state index contributed by atoms with van der Waals surface area (Å²) in [6.07, 6.45) is 3.87. The van der Waals surface area contributed by atoms with Gasteiger partial charge in [-0.2, -0.15) is 5.26 Å². The summed E-state index contributed by atoms with van der Waals surface area (Å²) in [6, 6.07) is 20.9. The molecule has 5 heteroatoms. The summed E-state index contributed by atoms with van der Waals surface area (Å²) in [6.45, 7) is 3.74. The first-order valence-corrected chi connectivity index (χ1v) is 9.72. The first-order chi connectivity index (χ1) is 14.1. The van der Waals surface area contributed by atoms with Gasteiger partial charge in [0.05, 0.1) is 22.8 Å². The third-order valence-corrected chi connectivity index (χ3v) is 5.54. The maximum atomic E-state index is 9.15. The van der Waals surface area contributed by atoms with E-state index in [4.69, 9.17) is 11.0 Å². The lowest BCUT2D eigenvalue weighted by molar-refractivity contribution is 0.515. The standard InChI is InChI=1S/C24H21N5/c1-16-2-6-19(7-3-16)23-21(18-8-4-17(13-25)5-9-18)12-22-24(27-10-11-29(22)23)28-14-20(26)15-28/h2-12,20H,14-15,26H2,1H3. The van der Waals surface area contributed by atoms with Crippen LogP contribution >= 0.6 is 0 Å². The molecule has 1 saturated heterocycles. The normalized spacial score (nSPS) is 14.0. The third-order valence-electron chi connectivity index (χ3n) is 5.54. The van der Waals surface area contributed by atoms with Gasteiger partial charge in [0, 0.05) is 37.1 Å². The minimum atomic E-state index is 0.210. The number of nitrogens with two attached hydrogens (primary N) is 1. The monoisotopic (exact) mass is 379 g/mol. The molecule has 5 nitrogen and oxygen atoms in total. The van der Waals surface area contributed by atoms with Gasteiger partial charge in [-0.15, -0.1) is 0 Å². The van der Waals surface area contributed by atoms with E-state index in [1.807, 2.05) is 36.7 Å². The molecule has 2 N–H and O–H groups in total. The quantitative estimate of drug-likeness (QED) is 0.584. The van der Waals surface area contributed by atoms with Crippen LogP contribution in [0, 0.1) is 18.3 Å². The molecule has 1 aliphatic heterocycles. The summed E-state index contributed by atoms with van der Waals surface area (Å²) in [5.74, 6) is 0.961. The molecule has 0 bridgehead atoms. The minimum Gasteiger partial charge on any atom is -0.352 e. The molecule has 2 aromatic carbocycles. The molecule has 3 heterocycles. The first-order valence-electron chi connectivity index (χ1n) is 9.72. The van der Waals surface area contributed by atoms with Crippen LogP contribution in [0.5, 0.6) is 0 Å². The fraction of sp³-hybridized carbons (Fsp3) is 0.167. The number of aromatic nitrogens is 2. The Morgan fingerprint density at radius 2 is 1.72 bits per heavy atom. The number of rotatable bonds is 3. The fourth-order valence-corrected chi connectivity index (χ4v) is 3.97. The van der Waals surface area contributed by atoms with Crippen LogP contribution in [0.2, 0.25) is 0 Å². The molecule has 1 fully saturated rings. The summed E-state index contributed by atoms with van der Waals surface area (Å²) in [5, 5.41) is 9.15. The van der Waals surface area contributed by atoms with Crippen LogP contribution in [-0.2, 0) is 0 Å². The Hall–Kier alpha value is -3.62. The second-order valence-electron chi connectivity index (χ2n) is 7.63. The van der Waals surface area contributed by atoms with Crippen molar-refractivity contribution in [1.82, 2.24) is 9.38 Å². The van der Waals surface area contributed by atoms with E-state index in [1.54, 1.807) is 0 Å². The van der Waals surface area contributed by atoms with E-state index in [9.17, 15) is 0 Å². The Bertz CT molecular complexity index is 1220. The number of anilines is 1. The molecule has 142 valence electrons. The predicted molar refractivity (Wildman–Crippen MR) is 116 cm³/mol. The number of hydrogen-bond acceptors (Lipinski definition) is 4. The van der Waals surface area contributed by atoms with Crippen LogP contribution in [0.3, 0.4) is 0 Å². The highest BCUT2D eigenvalue weighted by Crippen LogP contribution is 2.38. The van der Waals surface area contributed by atoms with E-state index in [0.29, 0.717) is 5.56 Å². The van der Waals surface area contributed by atoms with Crippen molar-refractivity contribution in [2.24, 2.45) is 5.73 Å². The Balaban J connectivity index is 1.75. The Labute approximate surface area is 169 Å². The zero-order chi connectivity index (χ0) is 20.0. The molecule has 0 aliphatic carbocycles. The average molecular weight is 379 g/mol. The second kappa shape index (κ2) is 6.77. The van der Waals surface area contributed by atoms with Gasteiger partial charge in [0.1, 0.15) is 0 Å². The largest absolute Gasteiger partial charge is 0.352 e. The van der Waals surface area contributed by atoms with Crippen molar-refractivity contribution < 1.29 is 0 Å². The smallest absolute Gasteiger partial charge is 0.153 e. The molecule has 0 spiro atoms. The molecule has 5 rings (SSSR count). The molecular weight excluding hydrogens is 358 g/mol. The average Bonchev–Trinajstić information content (AvgIpc) is 3.12. The highest BCUT2D eigenvalue weighted by atomic mass is 15.3. The first kappa shape index (κ1) is 17.5. The van der Waals surface area contributed by atoms with Gasteiger partial charge in [0.2, 0.25) is 0 Å². The van der Waals surface area contributed by atoms with Crippen LogP contribution in [0.1, 0.15) is 11.1 Å². The van der Waals surface area contributed by atoms with Crippen LogP contribution < -0.4 is 10.6 Å². The molecule has 29 heavy (non-hydrogen) atoms. The Morgan fingerprint density at radius 1 is 1.03 bits per heavy atom. The van der Waals surface area contributed by atoms with Crippen molar-refractivity contribution >= 4 is 11.3 Å². The summed E-state index contributed by atoms with van der Waals surface area (Å²) in [4.78, 5) is 6.88. The molecule has 0 atom stereocenters. The Kier molecular flexibility index (Phi) is 4.08. The van der Waals surface area contributed by atoms with Crippen molar-refractivity contribution in [2.75, 3.05) is 18.0 Å². The summed E-state index contributed by atoms with van der Waals surface area (Å²) in [5.41, 5.74) is 13.4. The molecule has 0 saturated carbocycles. The van der Waals surface area contributed by atoms with Gasteiger partial charge in [-0.25, -0.2) is 4.98 Å². The van der Waals surface area contributed by atoms with Gasteiger partial charge in [-0.3, -0.25) is 0 Å². The van der Waals surface area contributed by atoms with Crippen molar-refractivity contribution in [3.05, 3.63) is 78.1 Å². The molecular formula is C24H21N5. The van der Waals surface area contributed by atoms with E-state index in [0.717, 1.165) is 46.8 Å². The van der Waals surface area contributed by atoms with Crippen molar-refractivity contribution in [3.8, 4) is 28.5 Å². The maximum absolute atomic E-state index is 9.15. The van der Waals surface area contributed by atoms with Crippen molar-refractivity contribution in [1.29, 1.82) is 5.26 Å². The van der Waals surface area contributed by atoms with E-state index >= 15 is 0 Å². The molecule has 1 aliphatic rings. The van der Waals surface area contributed by atoms with Gasteiger partial charge in [-0.05, 0) is 36.2 Å². The van der Waals surface area contributed by atoms with Gasteiger partial charge in [-0.1, -0.05) is 42.0 Å². The van der Waals surface area contributed by atoms with Crippen LogP contribution in [0.15, 0.2) is 67.0 Å². The molecule has 4 aromatic rings. The number of nitrogens with zero attached hydrogens (tertiary/aromatic N) is 4. The van der Waals surface area contributed by atoms with Crippen molar-refractivity contribution in [2.45, 2.75) is 13.0 Å². The second-order valence-corrected chi connectivity index (χ2v) is 7.63. The maximum Gasteiger partial charge on any atom is 0.153 e. The van der Waals surface area contributed by atoms with E-state index in [2.05, 4.69) is 57.6 Å². The molecule has 2 aromatic heterocycles. The lowest BCUT2D eigenvalue weighted by Gasteiger charge is -2.38. The van der Waals surface area contributed by atoms with Gasteiger partial charge in [0.15, 0.2) is 5.82 Å². The summed E-state index contributed by atoms with van der Waals surface area (Å²) >= 11 is 0. The number of benzene rings is 2. The van der Waals surface area contributed by atoms with Crippen LogP contribution in [0.25, 0.3) is 27.9 Å². The summed E-state index contributed by atoms with van der Waals surface area (Å²) in [7, 11) is 0. The molecule has 0 radical (unpaired) electrons. The van der Waals surface area contributed by atoms with Crippen molar-refractivity contribution in [3.63, 3.8) is 0 Å². The van der Waals surface area contributed by atoms with E-state index in [-0.39, 0.29) is 6.04 Å². The zero-order valence-electron chi connectivity index (χ0n) is 16.2. The van der Waals surface area contributed by atoms with E-state index < -0.39 is 0 Å². The van der Waals surface area contributed by atoms with Crippen LogP contribution in [0.4, 0.5) is 5.82 Å². The third kappa shape index (κ3) is 2.95. The zero-order valence-corrected chi connectivity index (χ0v) is 16.2. The highest BCUT2D eigenvalue weighted by molar-refractivity contribution is 5.90. The number of nitriles is 1. The van der Waals surface area contributed by atoms with Gasteiger partial charge in [0.25, 0.3) is 0 Å².